The van der Waals surface area contributed by atoms with E-state index in [1.165, 1.54) is 0 Å². The number of carbonyl (C=O) groups excluding carboxylic acids is 1. The van der Waals surface area contributed by atoms with Crippen LogP contribution in [0.4, 0.5) is 0 Å². The summed E-state index contributed by atoms with van der Waals surface area (Å²) in [5, 5.41) is 11.0. The number of aliphatic hydroxyl groups is 1. The summed E-state index contributed by atoms with van der Waals surface area (Å²) in [7, 11) is 0. The van der Waals surface area contributed by atoms with Crippen molar-refractivity contribution in [2.75, 3.05) is 6.54 Å². The van der Waals surface area contributed by atoms with E-state index >= 15 is 0 Å². The lowest BCUT2D eigenvalue weighted by molar-refractivity contribution is -0.127. The van der Waals surface area contributed by atoms with Gasteiger partial charge in [0.2, 0.25) is 0 Å². The number of fused-ring (bicyclic) bond motifs is 3. The second-order valence-corrected chi connectivity index (χ2v) is 5.50. The van der Waals surface area contributed by atoms with Crippen molar-refractivity contribution < 1.29 is 9.90 Å². The van der Waals surface area contributed by atoms with E-state index < -0.39 is 11.3 Å². The molecule has 1 aromatic carbocycles. The van der Waals surface area contributed by atoms with Crippen LogP contribution < -0.4 is 0 Å². The van der Waals surface area contributed by atoms with Crippen molar-refractivity contribution in [2.45, 2.75) is 17.7 Å². The maximum absolute atomic E-state index is 12.6. The van der Waals surface area contributed by atoms with E-state index in [2.05, 4.69) is 0 Å². The Morgan fingerprint density at radius 3 is 2.75 bits per heavy atom. The number of ketones is 1. The summed E-state index contributed by atoms with van der Waals surface area (Å²) in [6, 6.07) is 9.73. The Hall–Kier alpha value is -1.97. The van der Waals surface area contributed by atoms with Crippen molar-refractivity contribution in [2.24, 2.45) is 0 Å². The molecule has 2 aliphatic heterocycles. The van der Waals surface area contributed by atoms with Crippen LogP contribution in [0.15, 0.2) is 66.3 Å². The third kappa shape index (κ3) is 1.24. The van der Waals surface area contributed by atoms with Crippen LogP contribution >= 0.6 is 0 Å². The molecule has 4 rings (SSSR count). The van der Waals surface area contributed by atoms with Gasteiger partial charge in [0.1, 0.15) is 5.54 Å². The Balaban J connectivity index is 1.97. The van der Waals surface area contributed by atoms with Gasteiger partial charge in [0.25, 0.3) is 0 Å². The molecule has 1 aromatic rings. The van der Waals surface area contributed by atoms with Gasteiger partial charge in [0.05, 0.1) is 0 Å². The largest absolute Gasteiger partial charge is 0.368 e. The summed E-state index contributed by atoms with van der Waals surface area (Å²) in [5.74, 6) is 0.154. The number of hydrogen-bond donors (Lipinski definition) is 1. The van der Waals surface area contributed by atoms with E-state index in [1.807, 2.05) is 59.5 Å². The first-order valence-electron chi connectivity index (χ1n) is 6.86. The van der Waals surface area contributed by atoms with Gasteiger partial charge in [0, 0.05) is 18.5 Å². The molecule has 3 heteroatoms. The molecule has 0 radical (unpaired) electrons. The SMILES string of the molecule is O=C1CCN2C3(O)C=CC=CC3=CC12c1ccccc1. The van der Waals surface area contributed by atoms with Crippen LogP contribution in [0, 0.1) is 0 Å². The number of rotatable bonds is 1. The maximum atomic E-state index is 12.6. The fraction of sp³-hybridized carbons (Fsp3) is 0.235. The molecule has 0 amide bonds. The second-order valence-electron chi connectivity index (χ2n) is 5.50. The van der Waals surface area contributed by atoms with Gasteiger partial charge in [0.15, 0.2) is 11.5 Å². The van der Waals surface area contributed by atoms with Gasteiger partial charge >= 0.3 is 0 Å². The molecule has 1 aliphatic carbocycles. The third-order valence-corrected chi connectivity index (χ3v) is 4.54. The highest BCUT2D eigenvalue weighted by molar-refractivity contribution is 5.95. The summed E-state index contributed by atoms with van der Waals surface area (Å²) in [5.41, 5.74) is -0.252. The van der Waals surface area contributed by atoms with Gasteiger partial charge in [-0.25, -0.2) is 4.90 Å². The number of hydrogen-bond acceptors (Lipinski definition) is 3. The van der Waals surface area contributed by atoms with Crippen LogP contribution in [0.25, 0.3) is 0 Å². The molecule has 0 spiro atoms. The molecule has 0 saturated carbocycles. The maximum Gasteiger partial charge on any atom is 0.165 e. The number of benzene rings is 1. The Morgan fingerprint density at radius 1 is 1.15 bits per heavy atom. The molecule has 2 heterocycles. The van der Waals surface area contributed by atoms with Crippen LogP contribution in [0.5, 0.6) is 0 Å². The van der Waals surface area contributed by atoms with Gasteiger partial charge < -0.3 is 5.11 Å². The van der Waals surface area contributed by atoms with Crippen molar-refractivity contribution in [3.63, 3.8) is 0 Å². The molecule has 1 fully saturated rings. The van der Waals surface area contributed by atoms with Crippen molar-refractivity contribution in [3.05, 3.63) is 71.8 Å². The van der Waals surface area contributed by atoms with E-state index in [0.29, 0.717) is 13.0 Å². The average molecular weight is 265 g/mol. The van der Waals surface area contributed by atoms with E-state index in [9.17, 15) is 9.90 Å². The highest BCUT2D eigenvalue weighted by Gasteiger charge is 2.60. The second kappa shape index (κ2) is 3.78. The minimum atomic E-state index is -1.16. The molecule has 2 unspecified atom stereocenters. The highest BCUT2D eigenvalue weighted by Crippen LogP contribution is 2.51. The molecule has 100 valence electrons. The number of Topliss-reactive ketones (excluding diaryl/α,β-unsaturated/α-hetero) is 1. The smallest absolute Gasteiger partial charge is 0.165 e. The fourth-order valence-electron chi connectivity index (χ4n) is 3.61. The number of allylic oxidation sites excluding steroid dienone is 2. The molecular formula is C17H15NO2. The first-order valence-corrected chi connectivity index (χ1v) is 6.86. The van der Waals surface area contributed by atoms with Gasteiger partial charge in [-0.1, -0.05) is 48.6 Å². The third-order valence-electron chi connectivity index (χ3n) is 4.54. The molecule has 20 heavy (non-hydrogen) atoms. The number of carbonyl (C=O) groups is 1. The summed E-state index contributed by atoms with van der Waals surface area (Å²) in [6.07, 6.45) is 9.78. The number of nitrogens with zero attached hydrogens (tertiary/aromatic N) is 1. The summed E-state index contributed by atoms with van der Waals surface area (Å²) < 4.78 is 0. The minimum absolute atomic E-state index is 0.154. The van der Waals surface area contributed by atoms with Crippen LogP contribution in [0.3, 0.4) is 0 Å². The molecular weight excluding hydrogens is 250 g/mol. The Bertz CT molecular complexity index is 673. The molecule has 2 atom stereocenters. The summed E-state index contributed by atoms with van der Waals surface area (Å²) in [6.45, 7) is 0.572. The van der Waals surface area contributed by atoms with Gasteiger partial charge in [-0.2, -0.15) is 0 Å². The zero-order chi connectivity index (χ0) is 13.8. The van der Waals surface area contributed by atoms with Crippen molar-refractivity contribution >= 4 is 5.78 Å². The molecule has 1 N–H and O–H groups in total. The molecule has 3 aliphatic rings. The van der Waals surface area contributed by atoms with E-state index in [1.54, 1.807) is 6.08 Å². The van der Waals surface area contributed by atoms with Crippen LogP contribution in [-0.2, 0) is 10.3 Å². The van der Waals surface area contributed by atoms with Crippen LogP contribution in [0.1, 0.15) is 12.0 Å². The van der Waals surface area contributed by atoms with Crippen molar-refractivity contribution in [1.29, 1.82) is 0 Å². The highest BCUT2D eigenvalue weighted by atomic mass is 16.3. The van der Waals surface area contributed by atoms with E-state index in [4.69, 9.17) is 0 Å². The Kier molecular flexibility index (Phi) is 2.23. The molecule has 1 saturated heterocycles. The minimum Gasteiger partial charge on any atom is -0.368 e. The standard InChI is InChI=1S/C17H15NO2/c19-15-9-11-18-16(15,13-6-2-1-3-7-13)12-14-8-4-5-10-17(14,18)20/h1-8,10,12,20H,9,11H2. The zero-order valence-corrected chi connectivity index (χ0v) is 11.0. The fourth-order valence-corrected chi connectivity index (χ4v) is 3.61. The van der Waals surface area contributed by atoms with Crippen molar-refractivity contribution in [1.82, 2.24) is 4.90 Å². The molecule has 3 nitrogen and oxygen atoms in total. The van der Waals surface area contributed by atoms with Gasteiger partial charge in [-0.05, 0) is 17.7 Å². The average Bonchev–Trinajstić information content (AvgIpc) is 2.94. The van der Waals surface area contributed by atoms with Gasteiger partial charge in [-0.15, -0.1) is 0 Å². The normalized spacial score (nSPS) is 35.0. The van der Waals surface area contributed by atoms with Crippen molar-refractivity contribution in [3.8, 4) is 0 Å². The van der Waals surface area contributed by atoms with E-state index in [0.717, 1.165) is 11.1 Å². The molecule has 0 bridgehead atoms. The lowest BCUT2D eigenvalue weighted by atomic mass is 9.87. The monoisotopic (exact) mass is 265 g/mol. The Labute approximate surface area is 117 Å². The first-order chi connectivity index (χ1) is 9.68. The topological polar surface area (TPSA) is 40.5 Å². The van der Waals surface area contributed by atoms with Crippen LogP contribution in [-0.4, -0.2) is 28.1 Å². The van der Waals surface area contributed by atoms with Gasteiger partial charge in [-0.3, -0.25) is 4.79 Å². The lowest BCUT2D eigenvalue weighted by Crippen LogP contribution is -2.52. The first kappa shape index (κ1) is 11.8. The molecule has 0 aromatic heterocycles. The summed E-state index contributed by atoms with van der Waals surface area (Å²) in [4.78, 5) is 14.5. The van der Waals surface area contributed by atoms with Crippen LogP contribution in [0.2, 0.25) is 0 Å². The van der Waals surface area contributed by atoms with E-state index in [-0.39, 0.29) is 5.78 Å². The quantitative estimate of drug-likeness (QED) is 0.843. The Morgan fingerprint density at radius 2 is 1.95 bits per heavy atom. The zero-order valence-electron chi connectivity index (χ0n) is 11.0. The predicted molar refractivity (Wildman–Crippen MR) is 75.8 cm³/mol. The lowest BCUT2D eigenvalue weighted by Gasteiger charge is -2.39. The predicted octanol–water partition coefficient (Wildman–Crippen LogP) is 1.91. The summed E-state index contributed by atoms with van der Waals surface area (Å²) >= 11 is 0.